The predicted octanol–water partition coefficient (Wildman–Crippen LogP) is 1.25. The lowest BCUT2D eigenvalue weighted by molar-refractivity contribution is -0.137. The first-order valence-electron chi connectivity index (χ1n) is 6.09. The Balaban J connectivity index is 2.36. The second-order valence-corrected chi connectivity index (χ2v) is 4.06. The lowest BCUT2D eigenvalue weighted by Gasteiger charge is -2.02. The number of nitrogens with zero attached hydrogens (tertiary/aromatic N) is 2. The largest absolute Gasteiger partial charge is 0.463 e. The molecule has 0 radical (unpaired) electrons. The zero-order valence-electron chi connectivity index (χ0n) is 11.5. The maximum Gasteiger partial charge on any atom is 0.330 e. The van der Waals surface area contributed by atoms with Crippen LogP contribution in [-0.4, -0.2) is 28.9 Å². The van der Waals surface area contributed by atoms with Gasteiger partial charge in [0.1, 0.15) is 0 Å². The van der Waals surface area contributed by atoms with Gasteiger partial charge in [-0.2, -0.15) is 5.10 Å². The smallest absolute Gasteiger partial charge is 0.330 e. The van der Waals surface area contributed by atoms with Crippen molar-refractivity contribution in [2.45, 2.75) is 27.3 Å². The number of carbonyl (C=O) groups excluding carboxylic acids is 1. The highest BCUT2D eigenvalue weighted by molar-refractivity contribution is 5.81. The molecule has 0 saturated carbocycles. The molecule has 1 heterocycles. The van der Waals surface area contributed by atoms with Gasteiger partial charge in [-0.05, 0) is 20.8 Å². The first-order valence-corrected chi connectivity index (χ1v) is 6.09. The summed E-state index contributed by atoms with van der Waals surface area (Å²) in [5, 5.41) is 7.59. The van der Waals surface area contributed by atoms with Crippen molar-refractivity contribution in [3.63, 3.8) is 0 Å². The van der Waals surface area contributed by atoms with E-state index in [1.807, 2.05) is 25.6 Å². The van der Waals surface area contributed by atoms with Crippen LogP contribution < -0.4 is 5.32 Å². The SMILES string of the molecule is CCOC(=O)/C=C/CNCc1c(C)nn(C)c1C. The molecule has 0 fully saturated rings. The van der Waals surface area contributed by atoms with E-state index in [4.69, 9.17) is 4.74 Å². The van der Waals surface area contributed by atoms with E-state index in [2.05, 4.69) is 10.4 Å². The van der Waals surface area contributed by atoms with Crippen LogP contribution in [0.4, 0.5) is 0 Å². The molecule has 5 nitrogen and oxygen atoms in total. The van der Waals surface area contributed by atoms with Crippen LogP contribution in [0.2, 0.25) is 0 Å². The summed E-state index contributed by atoms with van der Waals surface area (Å²) in [6, 6.07) is 0. The van der Waals surface area contributed by atoms with Crippen LogP contribution in [0.25, 0.3) is 0 Å². The van der Waals surface area contributed by atoms with E-state index in [0.29, 0.717) is 13.2 Å². The van der Waals surface area contributed by atoms with E-state index in [0.717, 1.165) is 17.9 Å². The fourth-order valence-corrected chi connectivity index (χ4v) is 1.70. The summed E-state index contributed by atoms with van der Waals surface area (Å²) < 4.78 is 6.66. The van der Waals surface area contributed by atoms with Crippen LogP contribution in [0.3, 0.4) is 0 Å². The molecule has 100 valence electrons. The van der Waals surface area contributed by atoms with Gasteiger partial charge in [-0.1, -0.05) is 6.08 Å². The third-order valence-electron chi connectivity index (χ3n) is 2.76. The van der Waals surface area contributed by atoms with Crippen molar-refractivity contribution < 1.29 is 9.53 Å². The number of carbonyl (C=O) groups is 1. The van der Waals surface area contributed by atoms with Crippen molar-refractivity contribution in [1.29, 1.82) is 0 Å². The number of hydrogen-bond acceptors (Lipinski definition) is 4. The van der Waals surface area contributed by atoms with Gasteiger partial charge in [-0.15, -0.1) is 0 Å². The summed E-state index contributed by atoms with van der Waals surface area (Å²) in [5.41, 5.74) is 3.41. The number of aryl methyl sites for hydroxylation is 2. The van der Waals surface area contributed by atoms with Crippen LogP contribution in [0.1, 0.15) is 23.9 Å². The highest BCUT2D eigenvalue weighted by Gasteiger charge is 2.07. The molecule has 1 aromatic heterocycles. The number of esters is 1. The van der Waals surface area contributed by atoms with Crippen LogP contribution >= 0.6 is 0 Å². The maximum absolute atomic E-state index is 11.0. The van der Waals surface area contributed by atoms with E-state index >= 15 is 0 Å². The predicted molar refractivity (Wildman–Crippen MR) is 70.2 cm³/mol. The molecule has 1 rings (SSSR count). The average molecular weight is 251 g/mol. The van der Waals surface area contributed by atoms with E-state index in [9.17, 15) is 4.79 Å². The Morgan fingerprint density at radius 3 is 2.78 bits per heavy atom. The van der Waals surface area contributed by atoms with E-state index in [1.54, 1.807) is 13.0 Å². The van der Waals surface area contributed by atoms with Gasteiger partial charge < -0.3 is 10.1 Å². The van der Waals surface area contributed by atoms with Gasteiger partial charge >= 0.3 is 5.97 Å². The number of ether oxygens (including phenoxy) is 1. The molecular weight excluding hydrogens is 230 g/mol. The van der Waals surface area contributed by atoms with Gasteiger partial charge in [0, 0.05) is 37.5 Å². The van der Waals surface area contributed by atoms with Gasteiger partial charge in [0.05, 0.1) is 12.3 Å². The molecule has 0 aliphatic carbocycles. The van der Waals surface area contributed by atoms with Crippen LogP contribution in [0.15, 0.2) is 12.2 Å². The van der Waals surface area contributed by atoms with Crippen LogP contribution in [-0.2, 0) is 23.1 Å². The Bertz CT molecular complexity index is 436. The zero-order chi connectivity index (χ0) is 13.5. The molecule has 0 saturated heterocycles. The zero-order valence-corrected chi connectivity index (χ0v) is 11.5. The molecule has 0 aromatic carbocycles. The molecule has 1 N–H and O–H groups in total. The van der Waals surface area contributed by atoms with Crippen molar-refractivity contribution in [2.24, 2.45) is 7.05 Å². The van der Waals surface area contributed by atoms with E-state index < -0.39 is 0 Å². The Hall–Kier alpha value is -1.62. The minimum atomic E-state index is -0.298. The molecule has 18 heavy (non-hydrogen) atoms. The standard InChI is InChI=1S/C13H21N3O2/c1-5-18-13(17)7-6-8-14-9-12-10(2)15-16(4)11(12)3/h6-7,14H,5,8-9H2,1-4H3/b7-6+. The normalized spacial score (nSPS) is 11.1. The quantitative estimate of drug-likeness (QED) is 0.469. The molecule has 0 aliphatic heterocycles. The Morgan fingerprint density at radius 2 is 2.22 bits per heavy atom. The molecule has 1 aromatic rings. The number of rotatable bonds is 6. The number of nitrogens with one attached hydrogen (secondary N) is 1. The monoisotopic (exact) mass is 251 g/mol. The van der Waals surface area contributed by atoms with Crippen molar-refractivity contribution in [1.82, 2.24) is 15.1 Å². The van der Waals surface area contributed by atoms with Crippen molar-refractivity contribution in [3.05, 3.63) is 29.1 Å². The first-order chi connectivity index (χ1) is 8.56. The molecule has 5 heteroatoms. The summed E-state index contributed by atoms with van der Waals surface area (Å²) in [5.74, 6) is -0.298. The molecule has 0 unspecified atom stereocenters. The topological polar surface area (TPSA) is 56.1 Å². The van der Waals surface area contributed by atoms with Gasteiger partial charge in [-0.3, -0.25) is 4.68 Å². The summed E-state index contributed by atoms with van der Waals surface area (Å²) in [4.78, 5) is 11.0. The van der Waals surface area contributed by atoms with Gasteiger partial charge in [-0.25, -0.2) is 4.79 Å². The number of hydrogen-bond donors (Lipinski definition) is 1. The van der Waals surface area contributed by atoms with Crippen molar-refractivity contribution in [3.8, 4) is 0 Å². The molecule has 0 spiro atoms. The lowest BCUT2D eigenvalue weighted by atomic mass is 10.2. The van der Waals surface area contributed by atoms with E-state index in [-0.39, 0.29) is 5.97 Å². The molecule has 0 aliphatic rings. The molecular formula is C13H21N3O2. The Kier molecular flexibility index (Phi) is 5.58. The average Bonchev–Trinajstić information content (AvgIpc) is 2.55. The second kappa shape index (κ2) is 6.96. The summed E-state index contributed by atoms with van der Waals surface area (Å²) in [7, 11) is 1.94. The van der Waals surface area contributed by atoms with Gasteiger partial charge in [0.2, 0.25) is 0 Å². The fourth-order valence-electron chi connectivity index (χ4n) is 1.70. The third-order valence-corrected chi connectivity index (χ3v) is 2.76. The first kappa shape index (κ1) is 14.4. The summed E-state index contributed by atoms with van der Waals surface area (Å²) in [6.07, 6.45) is 3.21. The lowest BCUT2D eigenvalue weighted by Crippen LogP contribution is -2.14. The highest BCUT2D eigenvalue weighted by atomic mass is 16.5. The van der Waals surface area contributed by atoms with Gasteiger partial charge in [0.25, 0.3) is 0 Å². The Labute approximate surface area is 108 Å². The van der Waals surface area contributed by atoms with Crippen LogP contribution in [0, 0.1) is 13.8 Å². The maximum atomic E-state index is 11.0. The van der Waals surface area contributed by atoms with Crippen molar-refractivity contribution >= 4 is 5.97 Å². The highest BCUT2D eigenvalue weighted by Crippen LogP contribution is 2.10. The minimum absolute atomic E-state index is 0.298. The third kappa shape index (κ3) is 4.00. The van der Waals surface area contributed by atoms with Crippen LogP contribution in [0.5, 0.6) is 0 Å². The summed E-state index contributed by atoms with van der Waals surface area (Å²) >= 11 is 0. The van der Waals surface area contributed by atoms with E-state index in [1.165, 1.54) is 11.6 Å². The molecule has 0 amide bonds. The summed E-state index contributed by atoms with van der Waals surface area (Å²) in [6.45, 7) is 7.62. The van der Waals surface area contributed by atoms with Gasteiger partial charge in [0.15, 0.2) is 0 Å². The minimum Gasteiger partial charge on any atom is -0.463 e. The molecule has 0 bridgehead atoms. The Morgan fingerprint density at radius 1 is 1.50 bits per heavy atom. The fraction of sp³-hybridized carbons (Fsp3) is 0.538. The number of aromatic nitrogens is 2. The molecule has 0 atom stereocenters. The van der Waals surface area contributed by atoms with Crippen molar-refractivity contribution in [2.75, 3.05) is 13.2 Å². The second-order valence-electron chi connectivity index (χ2n) is 4.06.